The van der Waals surface area contributed by atoms with Crippen molar-refractivity contribution in [1.29, 1.82) is 0 Å². The van der Waals surface area contributed by atoms with Crippen LogP contribution in [-0.4, -0.2) is 61.4 Å². The number of hydrogen-bond donors (Lipinski definition) is 0. The van der Waals surface area contributed by atoms with Gasteiger partial charge in [0.1, 0.15) is 5.78 Å². The van der Waals surface area contributed by atoms with Gasteiger partial charge >= 0.3 is 5.97 Å². The number of carbonyl (C=O) groups is 2. The van der Waals surface area contributed by atoms with E-state index in [9.17, 15) is 9.59 Å². The molecular weight excluding hydrogens is 442 g/mol. The Hall–Kier alpha value is -1.24. The lowest BCUT2D eigenvalue weighted by atomic mass is 9.48. The first-order chi connectivity index (χ1) is 16.5. The largest absolute Gasteiger partial charge is 0.455 e. The minimum Gasteiger partial charge on any atom is -0.455 e. The smallest absolute Gasteiger partial charge is 0.303 e. The van der Waals surface area contributed by atoms with Crippen molar-refractivity contribution in [1.82, 2.24) is 4.90 Å². The number of carbonyl (C=O) groups excluding carboxylic acids is 2. The molecule has 0 radical (unpaired) electrons. The molecule has 4 aliphatic carbocycles. The fourth-order valence-electron chi connectivity index (χ4n) is 8.66. The molecule has 0 aromatic rings. The van der Waals surface area contributed by atoms with Gasteiger partial charge in [-0.2, -0.15) is 0 Å². The van der Waals surface area contributed by atoms with E-state index in [2.05, 4.69) is 31.7 Å². The van der Waals surface area contributed by atoms with Gasteiger partial charge in [-0.05, 0) is 95.6 Å². The third-order valence-corrected chi connectivity index (χ3v) is 10.6. The van der Waals surface area contributed by atoms with Crippen LogP contribution >= 0.6 is 0 Å². The van der Waals surface area contributed by atoms with E-state index in [4.69, 9.17) is 14.2 Å². The summed E-state index contributed by atoms with van der Waals surface area (Å²) in [4.78, 5) is 26.7. The lowest BCUT2D eigenvalue weighted by molar-refractivity contribution is -0.275. The average Bonchev–Trinajstić information content (AvgIpc) is 3.09. The lowest BCUT2D eigenvalue weighted by Gasteiger charge is -2.57. The van der Waals surface area contributed by atoms with E-state index in [0.29, 0.717) is 23.5 Å². The highest BCUT2D eigenvalue weighted by molar-refractivity contribution is 5.87. The third kappa shape index (κ3) is 4.31. The number of Topliss-reactive ketones (excluding diaryl/α,β-unsaturated/α-hetero) is 1. The molecule has 0 aromatic heterocycles. The Kier molecular flexibility index (Phi) is 6.72. The van der Waals surface area contributed by atoms with Crippen molar-refractivity contribution in [3.63, 3.8) is 0 Å². The summed E-state index contributed by atoms with van der Waals surface area (Å²) in [5.74, 6) is 2.09. The van der Waals surface area contributed by atoms with Crippen LogP contribution in [0.1, 0.15) is 85.5 Å². The zero-order chi connectivity index (χ0) is 25.1. The molecule has 1 saturated heterocycles. The minimum absolute atomic E-state index is 0.0494. The number of allylic oxidation sites excluding steroid dienone is 1. The van der Waals surface area contributed by atoms with Crippen molar-refractivity contribution in [2.45, 2.75) is 116 Å². The van der Waals surface area contributed by atoms with Crippen molar-refractivity contribution < 1.29 is 23.8 Å². The fraction of sp³-hybridized carbons (Fsp3) is 0.862. The zero-order valence-electron chi connectivity index (χ0n) is 22.5. The molecule has 35 heavy (non-hydrogen) atoms. The van der Waals surface area contributed by atoms with Gasteiger partial charge in [0.25, 0.3) is 0 Å². The standard InChI is InChI=1S/C29H45NO5/c1-17-15-24(30(5)6)26(34-18(2)31)27(33-17)35-20-11-13-28(3)19(16-20)7-8-21-22-9-10-25(32)29(22,4)14-12-23(21)28/h7,17,20-24,26-27H,8-16H2,1-6H3/t17?,20-,21-,22-,23-,24?,26?,27?,28-,29-/m0/s1. The van der Waals surface area contributed by atoms with Crippen molar-refractivity contribution in [2.24, 2.45) is 28.6 Å². The van der Waals surface area contributed by atoms with E-state index >= 15 is 0 Å². The maximum atomic E-state index is 12.7. The molecule has 6 heteroatoms. The molecule has 196 valence electrons. The molecule has 10 atom stereocenters. The zero-order valence-corrected chi connectivity index (χ0v) is 22.5. The Bertz CT molecular complexity index is 884. The fourth-order valence-corrected chi connectivity index (χ4v) is 8.66. The van der Waals surface area contributed by atoms with Crippen LogP contribution in [0.4, 0.5) is 0 Å². The van der Waals surface area contributed by atoms with Crippen LogP contribution in [0.3, 0.4) is 0 Å². The van der Waals surface area contributed by atoms with Gasteiger partial charge in [0.2, 0.25) is 0 Å². The first-order valence-electron chi connectivity index (χ1n) is 13.9. The predicted molar refractivity (Wildman–Crippen MR) is 134 cm³/mol. The van der Waals surface area contributed by atoms with Gasteiger partial charge in [0.05, 0.1) is 18.2 Å². The first kappa shape index (κ1) is 25.4. The summed E-state index contributed by atoms with van der Waals surface area (Å²) in [6.07, 6.45) is 10.7. The molecule has 1 heterocycles. The summed E-state index contributed by atoms with van der Waals surface area (Å²) < 4.78 is 18.6. The van der Waals surface area contributed by atoms with E-state index in [1.54, 1.807) is 5.57 Å². The topological polar surface area (TPSA) is 65.1 Å². The molecule has 4 unspecified atom stereocenters. The molecule has 0 aromatic carbocycles. The van der Waals surface area contributed by atoms with Crippen molar-refractivity contribution in [3.05, 3.63) is 11.6 Å². The molecular formula is C29H45NO5. The lowest BCUT2D eigenvalue weighted by Crippen LogP contribution is -2.57. The van der Waals surface area contributed by atoms with Gasteiger partial charge in [0, 0.05) is 18.8 Å². The third-order valence-electron chi connectivity index (χ3n) is 10.6. The average molecular weight is 488 g/mol. The summed E-state index contributed by atoms with van der Waals surface area (Å²) in [6, 6.07) is 0.0711. The Morgan fingerprint density at radius 3 is 2.54 bits per heavy atom. The van der Waals surface area contributed by atoms with Crippen LogP contribution in [0.5, 0.6) is 0 Å². The number of esters is 1. The second-order valence-corrected chi connectivity index (χ2v) is 12.8. The Labute approximate surface area is 211 Å². The molecule has 0 N–H and O–H groups in total. The molecule has 0 amide bonds. The molecule has 5 rings (SSSR count). The van der Waals surface area contributed by atoms with Crippen molar-refractivity contribution >= 4 is 11.8 Å². The van der Waals surface area contributed by atoms with Crippen LogP contribution < -0.4 is 0 Å². The maximum Gasteiger partial charge on any atom is 0.303 e. The molecule has 0 bridgehead atoms. The number of likely N-dealkylation sites (N-methyl/N-ethyl adjacent to an activating group) is 1. The summed E-state index contributed by atoms with van der Waals surface area (Å²) in [6.45, 7) is 8.27. The molecule has 5 aliphatic rings. The van der Waals surface area contributed by atoms with Gasteiger partial charge in [0.15, 0.2) is 12.4 Å². The maximum absolute atomic E-state index is 12.7. The number of ether oxygens (including phenoxy) is 3. The van der Waals surface area contributed by atoms with Gasteiger partial charge < -0.3 is 19.1 Å². The van der Waals surface area contributed by atoms with E-state index in [-0.39, 0.29) is 35.0 Å². The molecule has 3 saturated carbocycles. The number of hydrogen-bond acceptors (Lipinski definition) is 6. The summed E-state index contributed by atoms with van der Waals surface area (Å²) in [5, 5.41) is 0. The van der Waals surface area contributed by atoms with E-state index in [1.165, 1.54) is 13.3 Å². The Morgan fingerprint density at radius 1 is 1.11 bits per heavy atom. The highest BCUT2D eigenvalue weighted by atomic mass is 16.7. The Balaban J connectivity index is 1.31. The quantitative estimate of drug-likeness (QED) is 0.415. The molecule has 4 fully saturated rings. The van der Waals surface area contributed by atoms with Crippen LogP contribution in [0, 0.1) is 28.6 Å². The monoisotopic (exact) mass is 487 g/mol. The van der Waals surface area contributed by atoms with Crippen LogP contribution in [0.2, 0.25) is 0 Å². The number of nitrogens with zero attached hydrogens (tertiary/aromatic N) is 1. The summed E-state index contributed by atoms with van der Waals surface area (Å²) in [5.41, 5.74) is 1.67. The highest BCUT2D eigenvalue weighted by Gasteiger charge is 2.58. The first-order valence-corrected chi connectivity index (χ1v) is 13.9. The number of ketones is 1. The number of fused-ring (bicyclic) bond motifs is 5. The molecule has 0 spiro atoms. The van der Waals surface area contributed by atoms with Gasteiger partial charge in [-0.1, -0.05) is 25.5 Å². The molecule has 6 nitrogen and oxygen atoms in total. The highest BCUT2D eigenvalue weighted by Crippen LogP contribution is 2.64. The van der Waals surface area contributed by atoms with E-state index < -0.39 is 12.4 Å². The van der Waals surface area contributed by atoms with Crippen molar-refractivity contribution in [3.8, 4) is 0 Å². The second-order valence-electron chi connectivity index (χ2n) is 12.8. The summed E-state index contributed by atoms with van der Waals surface area (Å²) >= 11 is 0. The van der Waals surface area contributed by atoms with E-state index in [0.717, 1.165) is 51.4 Å². The summed E-state index contributed by atoms with van der Waals surface area (Å²) in [7, 11) is 4.05. The van der Waals surface area contributed by atoms with Gasteiger partial charge in [-0.3, -0.25) is 9.59 Å². The van der Waals surface area contributed by atoms with Crippen LogP contribution in [-0.2, 0) is 23.8 Å². The van der Waals surface area contributed by atoms with Crippen molar-refractivity contribution in [2.75, 3.05) is 14.1 Å². The SMILES string of the molecule is CC(=O)OC1C(O[C@H]2CC[C@@]3(C)C(=CC[C@@H]4[C@@H]3CC[C@]3(C)C(=O)CC[C@@H]43)C2)OC(C)CC1N(C)C. The number of rotatable bonds is 4. The normalized spacial score (nSPS) is 47.5. The minimum atomic E-state index is -0.541. The van der Waals surface area contributed by atoms with Gasteiger partial charge in [-0.15, -0.1) is 0 Å². The van der Waals surface area contributed by atoms with Gasteiger partial charge in [-0.25, -0.2) is 0 Å². The van der Waals surface area contributed by atoms with Crippen LogP contribution in [0.25, 0.3) is 0 Å². The van der Waals surface area contributed by atoms with E-state index in [1.807, 2.05) is 14.1 Å². The second kappa shape index (κ2) is 9.25. The van der Waals surface area contributed by atoms with Crippen LogP contribution in [0.15, 0.2) is 11.6 Å². The Morgan fingerprint density at radius 2 is 1.83 bits per heavy atom. The molecule has 1 aliphatic heterocycles. The predicted octanol–water partition coefficient (Wildman–Crippen LogP) is 4.90.